The number of aliphatic carboxylic acids is 1. The standard InChI is InChI=1S/C10H16N2O4/c1-3-11-4-5-12(7(2)13)8(10(11)16)6-9(14)15/h8H,3-6H2,1-2H3,(H,14,15). The van der Waals surface area contributed by atoms with Crippen LogP contribution in [0.5, 0.6) is 0 Å². The third-order valence-electron chi connectivity index (χ3n) is 2.74. The van der Waals surface area contributed by atoms with Gasteiger partial charge < -0.3 is 14.9 Å². The van der Waals surface area contributed by atoms with Gasteiger partial charge >= 0.3 is 5.97 Å². The lowest BCUT2D eigenvalue weighted by Gasteiger charge is -2.39. The number of carbonyl (C=O) groups is 3. The molecule has 0 radical (unpaired) electrons. The van der Waals surface area contributed by atoms with Crippen LogP contribution in [0.2, 0.25) is 0 Å². The van der Waals surface area contributed by atoms with Gasteiger partial charge in [0.25, 0.3) is 0 Å². The van der Waals surface area contributed by atoms with Gasteiger partial charge in [-0.3, -0.25) is 14.4 Å². The summed E-state index contributed by atoms with van der Waals surface area (Å²) in [5.41, 5.74) is 0. The van der Waals surface area contributed by atoms with Crippen LogP contribution < -0.4 is 0 Å². The van der Waals surface area contributed by atoms with Crippen molar-refractivity contribution in [3.63, 3.8) is 0 Å². The van der Waals surface area contributed by atoms with Gasteiger partial charge in [0, 0.05) is 26.6 Å². The molecule has 1 aliphatic heterocycles. The number of carboxylic acids is 1. The maximum absolute atomic E-state index is 11.9. The molecule has 6 heteroatoms. The Morgan fingerprint density at radius 3 is 2.50 bits per heavy atom. The third kappa shape index (κ3) is 2.50. The van der Waals surface area contributed by atoms with Crippen molar-refractivity contribution in [1.29, 1.82) is 0 Å². The molecular weight excluding hydrogens is 212 g/mol. The minimum Gasteiger partial charge on any atom is -0.481 e. The van der Waals surface area contributed by atoms with Crippen molar-refractivity contribution in [2.24, 2.45) is 0 Å². The fourth-order valence-electron chi connectivity index (χ4n) is 1.89. The second kappa shape index (κ2) is 4.96. The molecule has 1 aliphatic rings. The molecule has 0 aromatic rings. The maximum atomic E-state index is 11.9. The molecule has 2 amide bonds. The molecule has 90 valence electrons. The number of hydrogen-bond acceptors (Lipinski definition) is 3. The van der Waals surface area contributed by atoms with E-state index in [2.05, 4.69) is 0 Å². The predicted octanol–water partition coefficient (Wildman–Crippen LogP) is -0.460. The second-order valence-corrected chi connectivity index (χ2v) is 3.74. The average Bonchev–Trinajstić information content (AvgIpc) is 2.19. The summed E-state index contributed by atoms with van der Waals surface area (Å²) in [6, 6.07) is -0.844. The number of amides is 2. The van der Waals surface area contributed by atoms with E-state index in [1.807, 2.05) is 6.92 Å². The molecule has 0 aliphatic carbocycles. The molecule has 16 heavy (non-hydrogen) atoms. The molecule has 0 aromatic heterocycles. The van der Waals surface area contributed by atoms with E-state index >= 15 is 0 Å². The number of nitrogens with zero attached hydrogens (tertiary/aromatic N) is 2. The van der Waals surface area contributed by atoms with Crippen molar-refractivity contribution in [2.75, 3.05) is 19.6 Å². The molecule has 1 unspecified atom stereocenters. The Morgan fingerprint density at radius 2 is 2.06 bits per heavy atom. The van der Waals surface area contributed by atoms with Crippen molar-refractivity contribution in [1.82, 2.24) is 9.80 Å². The van der Waals surface area contributed by atoms with E-state index in [4.69, 9.17) is 5.11 Å². The Kier molecular flexibility index (Phi) is 3.87. The summed E-state index contributed by atoms with van der Waals surface area (Å²) in [4.78, 5) is 36.7. The molecule has 0 spiro atoms. The lowest BCUT2D eigenvalue weighted by Crippen LogP contribution is -2.58. The molecule has 0 aromatic carbocycles. The predicted molar refractivity (Wildman–Crippen MR) is 55.7 cm³/mol. The minimum absolute atomic E-state index is 0.254. The van der Waals surface area contributed by atoms with Gasteiger partial charge in [0.2, 0.25) is 11.8 Å². The van der Waals surface area contributed by atoms with Crippen LogP contribution in [0.1, 0.15) is 20.3 Å². The highest BCUT2D eigenvalue weighted by atomic mass is 16.4. The number of carboxylic acid groups (broad SMARTS) is 1. The highest BCUT2D eigenvalue weighted by Gasteiger charge is 2.36. The van der Waals surface area contributed by atoms with Crippen LogP contribution in [0.25, 0.3) is 0 Å². The van der Waals surface area contributed by atoms with Crippen LogP contribution in [-0.2, 0) is 14.4 Å². The SMILES string of the molecule is CCN1CCN(C(C)=O)C(CC(=O)O)C1=O. The molecule has 1 N–H and O–H groups in total. The smallest absolute Gasteiger partial charge is 0.305 e. The lowest BCUT2D eigenvalue weighted by atomic mass is 10.1. The van der Waals surface area contributed by atoms with Crippen LogP contribution in [0.4, 0.5) is 0 Å². The van der Waals surface area contributed by atoms with E-state index in [0.717, 1.165) is 0 Å². The topological polar surface area (TPSA) is 77.9 Å². The summed E-state index contributed by atoms with van der Waals surface area (Å²) in [6.07, 6.45) is -0.324. The molecule has 1 fully saturated rings. The van der Waals surface area contributed by atoms with E-state index in [-0.39, 0.29) is 18.2 Å². The van der Waals surface area contributed by atoms with Gasteiger partial charge in [-0.25, -0.2) is 0 Å². The Balaban J connectivity index is 2.85. The van der Waals surface area contributed by atoms with Crippen LogP contribution in [0, 0.1) is 0 Å². The van der Waals surface area contributed by atoms with E-state index in [0.29, 0.717) is 19.6 Å². The zero-order valence-electron chi connectivity index (χ0n) is 9.47. The summed E-state index contributed by atoms with van der Waals surface area (Å²) in [5, 5.41) is 8.73. The number of hydrogen-bond donors (Lipinski definition) is 1. The highest BCUT2D eigenvalue weighted by Crippen LogP contribution is 2.14. The Hall–Kier alpha value is -1.59. The van der Waals surface area contributed by atoms with E-state index in [1.54, 1.807) is 4.90 Å². The second-order valence-electron chi connectivity index (χ2n) is 3.74. The van der Waals surface area contributed by atoms with Crippen molar-refractivity contribution in [3.05, 3.63) is 0 Å². The summed E-state index contributed by atoms with van der Waals surface area (Å²) in [7, 11) is 0. The third-order valence-corrected chi connectivity index (χ3v) is 2.74. The van der Waals surface area contributed by atoms with Crippen LogP contribution in [0.3, 0.4) is 0 Å². The van der Waals surface area contributed by atoms with Gasteiger partial charge in [-0.15, -0.1) is 0 Å². The summed E-state index contributed by atoms with van der Waals surface area (Å²) >= 11 is 0. The zero-order chi connectivity index (χ0) is 12.3. The zero-order valence-corrected chi connectivity index (χ0v) is 9.47. The summed E-state index contributed by atoms with van der Waals surface area (Å²) < 4.78 is 0. The first-order valence-electron chi connectivity index (χ1n) is 5.25. The fraction of sp³-hybridized carbons (Fsp3) is 0.700. The first kappa shape index (κ1) is 12.5. The monoisotopic (exact) mass is 228 g/mol. The maximum Gasteiger partial charge on any atom is 0.305 e. The lowest BCUT2D eigenvalue weighted by molar-refractivity contribution is -0.154. The van der Waals surface area contributed by atoms with Crippen molar-refractivity contribution in [2.45, 2.75) is 26.3 Å². The molecule has 1 rings (SSSR count). The van der Waals surface area contributed by atoms with Crippen molar-refractivity contribution < 1.29 is 19.5 Å². The Labute approximate surface area is 93.8 Å². The van der Waals surface area contributed by atoms with Gasteiger partial charge in [0.05, 0.1) is 6.42 Å². The number of likely N-dealkylation sites (N-methyl/N-ethyl adjacent to an activating group) is 1. The van der Waals surface area contributed by atoms with E-state index in [1.165, 1.54) is 11.8 Å². The quantitative estimate of drug-likeness (QED) is 0.709. The van der Waals surface area contributed by atoms with Gasteiger partial charge in [-0.05, 0) is 6.92 Å². The summed E-state index contributed by atoms with van der Waals surface area (Å²) in [6.45, 7) is 4.61. The molecule has 6 nitrogen and oxygen atoms in total. The van der Waals surface area contributed by atoms with Gasteiger partial charge in [0.1, 0.15) is 6.04 Å². The first-order chi connectivity index (χ1) is 7.47. The molecule has 1 atom stereocenters. The van der Waals surface area contributed by atoms with Crippen LogP contribution in [-0.4, -0.2) is 58.4 Å². The largest absolute Gasteiger partial charge is 0.481 e. The van der Waals surface area contributed by atoms with E-state index < -0.39 is 12.0 Å². The number of piperazine rings is 1. The molecule has 0 bridgehead atoms. The van der Waals surface area contributed by atoms with Crippen molar-refractivity contribution in [3.8, 4) is 0 Å². The van der Waals surface area contributed by atoms with Crippen molar-refractivity contribution >= 4 is 17.8 Å². The van der Waals surface area contributed by atoms with Crippen LogP contribution >= 0.6 is 0 Å². The molecular formula is C10H16N2O4. The van der Waals surface area contributed by atoms with Crippen LogP contribution in [0.15, 0.2) is 0 Å². The average molecular weight is 228 g/mol. The molecule has 1 heterocycles. The number of rotatable bonds is 3. The number of carbonyl (C=O) groups excluding carboxylic acids is 2. The van der Waals surface area contributed by atoms with Gasteiger partial charge in [0.15, 0.2) is 0 Å². The van der Waals surface area contributed by atoms with E-state index in [9.17, 15) is 14.4 Å². The Morgan fingerprint density at radius 1 is 1.44 bits per heavy atom. The Bertz CT molecular complexity index is 316. The molecule has 0 saturated carbocycles. The van der Waals surface area contributed by atoms with Gasteiger partial charge in [-0.2, -0.15) is 0 Å². The first-order valence-corrected chi connectivity index (χ1v) is 5.25. The fourth-order valence-corrected chi connectivity index (χ4v) is 1.89. The highest BCUT2D eigenvalue weighted by molar-refractivity contribution is 5.91. The normalized spacial score (nSPS) is 21.1. The minimum atomic E-state index is -1.07. The molecule has 1 saturated heterocycles. The summed E-state index contributed by atoms with van der Waals surface area (Å²) in [5.74, 6) is -1.59. The van der Waals surface area contributed by atoms with Gasteiger partial charge in [-0.1, -0.05) is 0 Å².